The Morgan fingerprint density at radius 1 is 0.731 bits per heavy atom. The minimum Gasteiger partial charge on any atom is -0.465 e. The molecule has 0 unspecified atom stereocenters. The molecule has 1 fully saturated rings. The number of rotatable bonds is 18. The summed E-state index contributed by atoms with van der Waals surface area (Å²) in [4.78, 5) is 42.1. The monoisotopic (exact) mass is 919 g/mol. The average molecular weight is 920 g/mol. The van der Waals surface area contributed by atoms with E-state index >= 15 is 0 Å². The number of alkyl carbamates (subject to hydrolysis) is 1. The van der Waals surface area contributed by atoms with Crippen LogP contribution in [0.4, 0.5) is 15.3 Å². The third-order valence-electron chi connectivity index (χ3n) is 12.5. The summed E-state index contributed by atoms with van der Waals surface area (Å²) in [7, 11) is -1.78. The van der Waals surface area contributed by atoms with E-state index in [4.69, 9.17) is 18.6 Å². The topological polar surface area (TPSA) is 136 Å². The van der Waals surface area contributed by atoms with Crippen LogP contribution in [0.15, 0.2) is 176 Å². The summed E-state index contributed by atoms with van der Waals surface area (Å²) in [6.07, 6.45) is -2.13. The fraction of sp³-hybridized carbons (Fsp3) is 0.291. The second-order valence-corrected chi connectivity index (χ2v) is 22.2. The number of carbonyl (C=O) groups excluding carboxylic acids is 2. The van der Waals surface area contributed by atoms with Crippen LogP contribution in [0, 0.1) is 0 Å². The highest BCUT2D eigenvalue weighted by atomic mass is 28.4. The smallest absolute Gasteiger partial charge is 0.407 e. The second-order valence-electron chi connectivity index (χ2n) is 17.9. The molecule has 67 heavy (non-hydrogen) atoms. The van der Waals surface area contributed by atoms with Gasteiger partial charge in [-0.3, -0.25) is 9.69 Å². The molecule has 3 amide bonds. The fourth-order valence-corrected chi connectivity index (χ4v) is 13.8. The van der Waals surface area contributed by atoms with Crippen molar-refractivity contribution >= 4 is 42.5 Å². The van der Waals surface area contributed by atoms with Gasteiger partial charge in [0.15, 0.2) is 0 Å². The molecule has 348 valence electrons. The van der Waals surface area contributed by atoms with Crippen molar-refractivity contribution in [2.45, 2.75) is 75.5 Å². The SMILES string of the molecule is COC(=O)N[C@H](C(=O)Nc1ccccc1CC[C@@H]1CN(C(=O)O)[C@H](COCc2ccccc2)[C@@H](CO[Si](c2ccccc2)(c2ccccc2)C(C)(C)C)O1)C(c1ccccc1)c1ccccc1. The van der Waals surface area contributed by atoms with Crippen molar-refractivity contribution in [1.82, 2.24) is 10.2 Å². The van der Waals surface area contributed by atoms with Crippen molar-refractivity contribution in [3.05, 3.63) is 198 Å². The number of hydrogen-bond donors (Lipinski definition) is 3. The Balaban J connectivity index is 1.16. The molecular weight excluding hydrogens is 859 g/mol. The van der Waals surface area contributed by atoms with Gasteiger partial charge in [-0.1, -0.05) is 191 Å². The van der Waals surface area contributed by atoms with Crippen molar-refractivity contribution < 1.29 is 38.1 Å². The zero-order valence-electron chi connectivity index (χ0n) is 38.6. The molecule has 7 rings (SSSR count). The van der Waals surface area contributed by atoms with E-state index in [1.807, 2.05) is 152 Å². The van der Waals surface area contributed by atoms with E-state index < -0.39 is 56.6 Å². The van der Waals surface area contributed by atoms with E-state index in [9.17, 15) is 19.5 Å². The number of nitrogens with zero attached hydrogens (tertiary/aromatic N) is 1. The minimum atomic E-state index is -3.05. The zero-order chi connectivity index (χ0) is 47.2. The average Bonchev–Trinajstić information content (AvgIpc) is 3.35. The molecule has 3 N–H and O–H groups in total. The van der Waals surface area contributed by atoms with Gasteiger partial charge >= 0.3 is 12.2 Å². The largest absolute Gasteiger partial charge is 0.465 e. The number of amides is 3. The summed E-state index contributed by atoms with van der Waals surface area (Å²) < 4.78 is 25.7. The van der Waals surface area contributed by atoms with Gasteiger partial charge in [0.25, 0.3) is 8.32 Å². The molecule has 1 aliphatic heterocycles. The number of para-hydroxylation sites is 1. The summed E-state index contributed by atoms with van der Waals surface area (Å²) in [6.45, 7) is 7.28. The lowest BCUT2D eigenvalue weighted by Gasteiger charge is -2.47. The Hall–Kier alpha value is -6.57. The lowest BCUT2D eigenvalue weighted by Crippen LogP contribution is -2.68. The molecule has 0 radical (unpaired) electrons. The van der Waals surface area contributed by atoms with Crippen LogP contribution < -0.4 is 21.0 Å². The van der Waals surface area contributed by atoms with Gasteiger partial charge in [0.2, 0.25) is 5.91 Å². The number of hydrogen-bond acceptors (Lipinski definition) is 7. The van der Waals surface area contributed by atoms with Crippen LogP contribution in [0.1, 0.15) is 55.4 Å². The van der Waals surface area contributed by atoms with Crippen LogP contribution in [0.25, 0.3) is 0 Å². The summed E-state index contributed by atoms with van der Waals surface area (Å²) >= 11 is 0. The van der Waals surface area contributed by atoms with Crippen molar-refractivity contribution in [2.75, 3.05) is 32.2 Å². The van der Waals surface area contributed by atoms with Gasteiger partial charge in [-0.05, 0) is 56.6 Å². The summed E-state index contributed by atoms with van der Waals surface area (Å²) in [5, 5.41) is 18.7. The Labute approximate surface area is 395 Å². The molecule has 1 saturated heterocycles. The number of methoxy groups -OCH3 is 1. The molecule has 0 spiro atoms. The first kappa shape index (κ1) is 48.4. The van der Waals surface area contributed by atoms with Crippen LogP contribution in [-0.2, 0) is 36.5 Å². The number of morpholine rings is 1. The molecule has 6 aromatic carbocycles. The Kier molecular flexibility index (Phi) is 16.4. The molecular formula is C55H61N3O8Si. The lowest BCUT2D eigenvalue weighted by molar-refractivity contribution is -0.141. The van der Waals surface area contributed by atoms with Crippen molar-refractivity contribution in [1.29, 1.82) is 0 Å². The molecule has 4 atom stereocenters. The van der Waals surface area contributed by atoms with Crippen molar-refractivity contribution in [3.8, 4) is 0 Å². The predicted octanol–water partition coefficient (Wildman–Crippen LogP) is 9.02. The maximum absolute atomic E-state index is 14.5. The minimum absolute atomic E-state index is 0.102. The van der Waals surface area contributed by atoms with Gasteiger partial charge in [0.05, 0.1) is 45.6 Å². The highest BCUT2D eigenvalue weighted by Gasteiger charge is 2.51. The number of nitrogens with one attached hydrogen (secondary N) is 2. The third-order valence-corrected chi connectivity index (χ3v) is 17.5. The zero-order valence-corrected chi connectivity index (χ0v) is 39.6. The molecule has 0 bridgehead atoms. The molecule has 12 heteroatoms. The number of ether oxygens (including phenoxy) is 3. The predicted molar refractivity (Wildman–Crippen MR) is 264 cm³/mol. The molecule has 1 heterocycles. The molecule has 0 aliphatic carbocycles. The first-order valence-electron chi connectivity index (χ1n) is 22.8. The number of aryl methyl sites for hydroxylation is 1. The van der Waals surface area contributed by atoms with Crippen molar-refractivity contribution in [2.24, 2.45) is 0 Å². The number of benzene rings is 6. The van der Waals surface area contributed by atoms with E-state index in [1.54, 1.807) is 0 Å². The normalized spacial score (nSPS) is 16.8. The van der Waals surface area contributed by atoms with Gasteiger partial charge in [0, 0.05) is 11.6 Å². The van der Waals surface area contributed by atoms with Crippen molar-refractivity contribution in [3.63, 3.8) is 0 Å². The van der Waals surface area contributed by atoms with Gasteiger partial charge < -0.3 is 34.4 Å². The van der Waals surface area contributed by atoms with Gasteiger partial charge in [-0.2, -0.15) is 0 Å². The standard InChI is InChI=1S/C55H61N3O8Si/c1-55(2,3)67(45-29-16-8-17-30-45,46-31-18-9-19-32-46)65-39-49-48(38-64-37-40-22-10-5-11-23-40)58(54(61)62)36-44(66-49)35-34-41-24-20-21-33-47(41)56-52(59)51(57-53(60)63-4)50(42-25-12-6-13-26-42)43-27-14-7-15-28-43/h5-33,44,48-51H,34-39H2,1-4H3,(H,56,59)(H,57,60)(H,61,62)/t44-,48-,49-,51+/m1/s1. The molecule has 11 nitrogen and oxygen atoms in total. The number of anilines is 1. The third kappa shape index (κ3) is 11.9. The highest BCUT2D eigenvalue weighted by molar-refractivity contribution is 6.99. The first-order chi connectivity index (χ1) is 32.5. The summed E-state index contributed by atoms with van der Waals surface area (Å²) in [5.41, 5.74) is 4.05. The van der Waals surface area contributed by atoms with E-state index in [0.717, 1.165) is 32.6 Å². The summed E-state index contributed by atoms with van der Waals surface area (Å²) in [6, 6.07) is 55.4. The Morgan fingerprint density at radius 3 is 1.79 bits per heavy atom. The Bertz CT molecular complexity index is 2410. The highest BCUT2D eigenvalue weighted by Crippen LogP contribution is 2.38. The maximum Gasteiger partial charge on any atom is 0.407 e. The van der Waals surface area contributed by atoms with E-state index in [2.05, 4.69) is 55.7 Å². The van der Waals surface area contributed by atoms with Gasteiger partial charge in [0.1, 0.15) is 12.1 Å². The van der Waals surface area contributed by atoms with Crippen LogP contribution in [0.3, 0.4) is 0 Å². The maximum atomic E-state index is 14.5. The molecule has 0 saturated carbocycles. The van der Waals surface area contributed by atoms with Crippen LogP contribution in [0.2, 0.25) is 5.04 Å². The van der Waals surface area contributed by atoms with Gasteiger partial charge in [-0.25, -0.2) is 9.59 Å². The fourth-order valence-electron chi connectivity index (χ4n) is 9.28. The lowest BCUT2D eigenvalue weighted by atomic mass is 9.84. The van der Waals surface area contributed by atoms with Crippen LogP contribution in [0.5, 0.6) is 0 Å². The Morgan fingerprint density at radius 2 is 1.25 bits per heavy atom. The van der Waals surface area contributed by atoms with Crippen LogP contribution in [-0.4, -0.2) is 87.6 Å². The molecule has 1 aliphatic rings. The van der Waals surface area contributed by atoms with E-state index in [0.29, 0.717) is 25.1 Å². The number of carboxylic acid groups (broad SMARTS) is 1. The van der Waals surface area contributed by atoms with Crippen LogP contribution >= 0.6 is 0 Å². The first-order valence-corrected chi connectivity index (χ1v) is 24.7. The quantitative estimate of drug-likeness (QED) is 0.0728. The number of carbonyl (C=O) groups is 3. The van der Waals surface area contributed by atoms with E-state index in [-0.39, 0.29) is 24.8 Å². The molecule has 0 aromatic heterocycles. The van der Waals surface area contributed by atoms with E-state index in [1.165, 1.54) is 12.0 Å². The summed E-state index contributed by atoms with van der Waals surface area (Å²) in [5.74, 6) is -0.973. The van der Waals surface area contributed by atoms with Gasteiger partial charge in [-0.15, -0.1) is 0 Å². The second kappa shape index (κ2) is 22.8. The molecule has 6 aromatic rings.